The van der Waals surface area contributed by atoms with E-state index in [1.807, 2.05) is 60.7 Å². The minimum atomic E-state index is 0. The monoisotopic (exact) mass is 232 g/mol. The molecule has 2 radical (unpaired) electrons. The molecule has 0 aromatic heterocycles. The molecule has 0 amide bonds. The van der Waals surface area contributed by atoms with Gasteiger partial charge in [-0.05, 0) is 0 Å². The van der Waals surface area contributed by atoms with Crippen LogP contribution >= 0.6 is 0 Å². The summed E-state index contributed by atoms with van der Waals surface area (Å²) in [5.74, 6) is 0. The maximum absolute atomic E-state index is 2.00. The molecule has 3 heteroatoms. The minimum Gasteiger partial charge on any atom is -0.214 e. The summed E-state index contributed by atoms with van der Waals surface area (Å²) in [7, 11) is 0. The van der Waals surface area contributed by atoms with Gasteiger partial charge in [0.1, 0.15) is 0 Å². The second kappa shape index (κ2) is 15.7. The van der Waals surface area contributed by atoms with Crippen LogP contribution in [0.4, 0.5) is 0 Å². The van der Waals surface area contributed by atoms with Crippen LogP contribution < -0.4 is 0 Å². The molecule has 0 aliphatic rings. The van der Waals surface area contributed by atoms with E-state index < -0.39 is 0 Å². The first-order chi connectivity index (χ1) is 5.00. The predicted octanol–water partition coefficient (Wildman–Crippen LogP) is 2.05. The molecule has 2 aromatic carbocycles. The fraction of sp³-hybridized carbons (Fsp3) is 0. The van der Waals surface area contributed by atoms with Gasteiger partial charge < -0.3 is 0 Å². The van der Waals surface area contributed by atoms with Crippen LogP contribution in [0.2, 0.25) is 0 Å². The van der Waals surface area contributed by atoms with Crippen molar-refractivity contribution >= 4 is 59.1 Å². The topological polar surface area (TPSA) is 0 Å². The van der Waals surface area contributed by atoms with E-state index in [2.05, 4.69) is 0 Å². The van der Waals surface area contributed by atoms with Gasteiger partial charge in [0.2, 0.25) is 0 Å². The van der Waals surface area contributed by atoms with Crippen LogP contribution in [0, 0.1) is 0 Å². The molecule has 0 bridgehead atoms. The Labute approximate surface area is 135 Å². The van der Waals surface area contributed by atoms with E-state index in [0.29, 0.717) is 0 Å². The molecule has 60 valence electrons. The molecule has 0 unspecified atom stereocenters. The molecule has 13 heavy (non-hydrogen) atoms. The third-order valence-corrected chi connectivity index (χ3v) is 1.11. The van der Waals surface area contributed by atoms with Crippen LogP contribution in [0.1, 0.15) is 0 Å². The van der Waals surface area contributed by atoms with Crippen molar-refractivity contribution in [1.29, 1.82) is 0 Å². The van der Waals surface area contributed by atoms with Gasteiger partial charge in [-0.25, -0.2) is 24.3 Å². The number of rotatable bonds is 0. The van der Waals surface area contributed by atoms with Gasteiger partial charge in [0.05, 0.1) is 0 Å². The van der Waals surface area contributed by atoms with E-state index in [1.54, 1.807) is 0 Å². The van der Waals surface area contributed by atoms with Crippen molar-refractivity contribution in [3.63, 3.8) is 0 Å². The summed E-state index contributed by atoms with van der Waals surface area (Å²) >= 11 is 0. The predicted molar refractivity (Wildman–Crippen MR) is 55.6 cm³/mol. The number of hydrogen-bond acceptors (Lipinski definition) is 0. The fourth-order valence-electron chi connectivity index (χ4n) is 0.642. The molecule has 2 rings (SSSR count). The molecule has 0 aliphatic heterocycles. The van der Waals surface area contributed by atoms with E-state index in [-0.39, 0.29) is 76.2 Å². The van der Waals surface area contributed by atoms with E-state index in [9.17, 15) is 0 Å². The fourth-order valence-corrected chi connectivity index (χ4v) is 0.642. The SMILES string of the molecule is [Fe+2].[Na].[Na].c1cc[cH-]c1.c1cc[cH-]c1. The molecule has 2 aromatic rings. The van der Waals surface area contributed by atoms with Gasteiger partial charge in [0.15, 0.2) is 0 Å². The van der Waals surface area contributed by atoms with E-state index in [0.717, 1.165) is 0 Å². The van der Waals surface area contributed by atoms with Crippen LogP contribution in [-0.4, -0.2) is 59.1 Å². The van der Waals surface area contributed by atoms with Crippen LogP contribution in [0.5, 0.6) is 0 Å². The van der Waals surface area contributed by atoms with Gasteiger partial charge in [0.25, 0.3) is 0 Å². The summed E-state index contributed by atoms with van der Waals surface area (Å²) < 4.78 is 0. The van der Waals surface area contributed by atoms with E-state index in [1.165, 1.54) is 0 Å². The Hall–Kier alpha value is 1.22. The summed E-state index contributed by atoms with van der Waals surface area (Å²) in [5.41, 5.74) is 0. The minimum absolute atomic E-state index is 0. The Morgan fingerprint density at radius 2 is 0.769 bits per heavy atom. The molecule has 0 spiro atoms. The largest absolute Gasteiger partial charge is 2.00 e. The molecule has 0 heterocycles. The molecular weight excluding hydrogens is 222 g/mol. The summed E-state index contributed by atoms with van der Waals surface area (Å²) in [6.45, 7) is 0. The zero-order valence-electron chi connectivity index (χ0n) is 8.13. The van der Waals surface area contributed by atoms with Gasteiger partial charge in [-0.3, -0.25) is 0 Å². The second-order valence-electron chi connectivity index (χ2n) is 1.92. The quantitative estimate of drug-likeness (QED) is 0.481. The van der Waals surface area contributed by atoms with Crippen LogP contribution in [-0.2, 0) is 17.1 Å². The third-order valence-electron chi connectivity index (χ3n) is 1.11. The molecule has 0 fully saturated rings. The van der Waals surface area contributed by atoms with Gasteiger partial charge in [-0.15, -0.1) is 0 Å². The Morgan fingerprint density at radius 3 is 0.846 bits per heavy atom. The van der Waals surface area contributed by atoms with Gasteiger partial charge >= 0.3 is 17.1 Å². The van der Waals surface area contributed by atoms with Crippen molar-refractivity contribution in [1.82, 2.24) is 0 Å². The standard InChI is InChI=1S/2C5H5.Fe.2Na/c2*1-2-4-5-3-1;;;/h2*1-5H;;;/q2*-1;+2;;. The van der Waals surface area contributed by atoms with Crippen molar-refractivity contribution < 1.29 is 17.1 Å². The second-order valence-corrected chi connectivity index (χ2v) is 1.92. The summed E-state index contributed by atoms with van der Waals surface area (Å²) in [6, 6.07) is 20.0. The van der Waals surface area contributed by atoms with Crippen molar-refractivity contribution in [3.05, 3.63) is 60.7 Å². The Balaban J connectivity index is -0.000000125. The zero-order valence-corrected chi connectivity index (χ0v) is 13.2. The van der Waals surface area contributed by atoms with Gasteiger partial charge in [-0.2, -0.15) is 36.4 Å². The first kappa shape index (κ1) is 19.7. The van der Waals surface area contributed by atoms with Crippen molar-refractivity contribution in [2.75, 3.05) is 0 Å². The average molecular weight is 232 g/mol. The maximum atomic E-state index is 2.00. The molecule has 0 nitrogen and oxygen atoms in total. The first-order valence-electron chi connectivity index (χ1n) is 3.33. The smallest absolute Gasteiger partial charge is 0.214 e. The average Bonchev–Trinajstić information content (AvgIpc) is 2.67. The molecule has 0 N–H and O–H groups in total. The molecule has 0 aliphatic carbocycles. The van der Waals surface area contributed by atoms with E-state index in [4.69, 9.17) is 0 Å². The Bertz CT molecular complexity index is 152. The van der Waals surface area contributed by atoms with Gasteiger partial charge in [-0.1, -0.05) is 0 Å². The third kappa shape index (κ3) is 13.2. The Kier molecular flexibility index (Phi) is 23.8. The summed E-state index contributed by atoms with van der Waals surface area (Å²) in [4.78, 5) is 0. The molecule has 0 saturated carbocycles. The van der Waals surface area contributed by atoms with E-state index >= 15 is 0 Å². The molecular formula is C10H10FeNa2. The summed E-state index contributed by atoms with van der Waals surface area (Å²) in [6.07, 6.45) is 0. The molecule has 0 saturated heterocycles. The first-order valence-corrected chi connectivity index (χ1v) is 3.33. The normalized spacial score (nSPS) is 6.15. The van der Waals surface area contributed by atoms with Crippen molar-refractivity contribution in [3.8, 4) is 0 Å². The van der Waals surface area contributed by atoms with Crippen LogP contribution in [0.3, 0.4) is 0 Å². The zero-order chi connectivity index (χ0) is 7.07. The van der Waals surface area contributed by atoms with Crippen LogP contribution in [0.25, 0.3) is 0 Å². The summed E-state index contributed by atoms with van der Waals surface area (Å²) in [5, 5.41) is 0. The Morgan fingerprint density at radius 1 is 0.538 bits per heavy atom. The number of hydrogen-bond donors (Lipinski definition) is 0. The van der Waals surface area contributed by atoms with Crippen LogP contribution in [0.15, 0.2) is 60.7 Å². The van der Waals surface area contributed by atoms with Gasteiger partial charge in [0, 0.05) is 59.1 Å². The molecule has 0 atom stereocenters. The van der Waals surface area contributed by atoms with Crippen molar-refractivity contribution in [2.24, 2.45) is 0 Å². The maximum Gasteiger partial charge on any atom is 2.00 e. The van der Waals surface area contributed by atoms with Crippen molar-refractivity contribution in [2.45, 2.75) is 0 Å².